The first-order valence-corrected chi connectivity index (χ1v) is 8.03. The molecule has 0 atom stereocenters. The van der Waals surface area contributed by atoms with Gasteiger partial charge in [-0.25, -0.2) is 9.48 Å². The summed E-state index contributed by atoms with van der Waals surface area (Å²) in [6.07, 6.45) is 1.43. The van der Waals surface area contributed by atoms with Crippen LogP contribution in [0, 0.1) is 0 Å². The zero-order chi connectivity index (χ0) is 18.5. The number of nitrogens with one attached hydrogen (secondary N) is 1. The lowest BCUT2D eigenvalue weighted by Gasteiger charge is -2.08. The average Bonchev–Trinajstić information content (AvgIpc) is 3.13. The van der Waals surface area contributed by atoms with Crippen LogP contribution >= 0.6 is 23.2 Å². The minimum Gasteiger partial charge on any atom is -0.452 e. The summed E-state index contributed by atoms with van der Waals surface area (Å²) in [6, 6.07) is 11.0. The van der Waals surface area contributed by atoms with E-state index in [0.717, 1.165) is 0 Å². The Morgan fingerprint density at radius 2 is 1.77 bits per heavy atom. The molecule has 0 bridgehead atoms. The number of carbonyl (C=O) groups is 2. The number of hydrogen-bond donors (Lipinski definition) is 1. The van der Waals surface area contributed by atoms with Crippen molar-refractivity contribution in [2.45, 2.75) is 0 Å². The summed E-state index contributed by atoms with van der Waals surface area (Å²) in [5.74, 6) is -1.14. The van der Waals surface area contributed by atoms with E-state index >= 15 is 0 Å². The Labute approximate surface area is 157 Å². The number of aromatic nitrogens is 4. The molecule has 0 aliphatic heterocycles. The molecule has 3 aromatic rings. The third-order valence-corrected chi connectivity index (χ3v) is 3.63. The van der Waals surface area contributed by atoms with Crippen molar-refractivity contribution in [3.63, 3.8) is 0 Å². The van der Waals surface area contributed by atoms with Crippen LogP contribution in [0.25, 0.3) is 5.69 Å². The number of ether oxygens (including phenoxy) is 1. The summed E-state index contributed by atoms with van der Waals surface area (Å²) < 4.78 is 6.43. The molecule has 1 heterocycles. The number of esters is 1. The zero-order valence-electron chi connectivity index (χ0n) is 13.1. The second kappa shape index (κ2) is 7.94. The zero-order valence-corrected chi connectivity index (χ0v) is 14.6. The molecule has 0 radical (unpaired) electrons. The van der Waals surface area contributed by atoms with Gasteiger partial charge in [0.15, 0.2) is 6.61 Å². The number of hydrogen-bond acceptors (Lipinski definition) is 6. The van der Waals surface area contributed by atoms with Gasteiger partial charge < -0.3 is 10.1 Å². The highest BCUT2D eigenvalue weighted by Gasteiger charge is 2.11. The molecule has 1 amide bonds. The highest BCUT2D eigenvalue weighted by molar-refractivity contribution is 6.35. The fourth-order valence-electron chi connectivity index (χ4n) is 2.07. The molecule has 0 unspecified atom stereocenters. The van der Waals surface area contributed by atoms with Crippen molar-refractivity contribution in [1.82, 2.24) is 20.2 Å². The van der Waals surface area contributed by atoms with Crippen molar-refractivity contribution >= 4 is 40.8 Å². The van der Waals surface area contributed by atoms with Gasteiger partial charge in [0, 0.05) is 15.7 Å². The Morgan fingerprint density at radius 3 is 2.38 bits per heavy atom. The van der Waals surface area contributed by atoms with Crippen LogP contribution in [0.15, 0.2) is 48.8 Å². The Bertz CT molecular complexity index is 909. The molecule has 0 aliphatic carbocycles. The van der Waals surface area contributed by atoms with Gasteiger partial charge in [-0.1, -0.05) is 23.2 Å². The predicted molar refractivity (Wildman–Crippen MR) is 94.5 cm³/mol. The third kappa shape index (κ3) is 4.56. The van der Waals surface area contributed by atoms with Crippen molar-refractivity contribution in [2.75, 3.05) is 11.9 Å². The van der Waals surface area contributed by atoms with Crippen LogP contribution in [-0.4, -0.2) is 38.7 Å². The second-order valence-electron chi connectivity index (χ2n) is 5.08. The molecule has 10 heteroatoms. The summed E-state index contributed by atoms with van der Waals surface area (Å²) >= 11 is 11.7. The van der Waals surface area contributed by atoms with Gasteiger partial charge in [0.1, 0.15) is 6.33 Å². The average molecular weight is 392 g/mol. The number of tetrazole rings is 1. The van der Waals surface area contributed by atoms with Crippen molar-refractivity contribution in [3.05, 3.63) is 64.4 Å². The molecule has 0 aliphatic rings. The standard InChI is InChI=1S/C16H11Cl2N5O3/c17-11-5-12(18)7-13(6-11)20-15(24)8-26-16(25)10-1-3-14(4-2-10)23-9-19-21-22-23/h1-7,9H,8H2,(H,20,24). The minimum atomic E-state index is -0.632. The quantitative estimate of drug-likeness (QED) is 0.671. The molecule has 0 saturated carbocycles. The number of anilines is 1. The number of benzene rings is 2. The number of amides is 1. The maximum atomic E-state index is 12.0. The highest BCUT2D eigenvalue weighted by atomic mass is 35.5. The molecular formula is C16H11Cl2N5O3. The topological polar surface area (TPSA) is 99.0 Å². The number of nitrogens with zero attached hydrogens (tertiary/aromatic N) is 4. The largest absolute Gasteiger partial charge is 0.452 e. The summed E-state index contributed by atoms with van der Waals surface area (Å²) in [7, 11) is 0. The summed E-state index contributed by atoms with van der Waals surface area (Å²) in [5, 5.41) is 14.1. The van der Waals surface area contributed by atoms with Gasteiger partial charge >= 0.3 is 5.97 Å². The van der Waals surface area contributed by atoms with E-state index in [9.17, 15) is 9.59 Å². The first kappa shape index (κ1) is 17.8. The molecule has 1 aromatic heterocycles. The van der Waals surface area contributed by atoms with Gasteiger partial charge in [0.05, 0.1) is 11.3 Å². The lowest BCUT2D eigenvalue weighted by Crippen LogP contribution is -2.21. The summed E-state index contributed by atoms with van der Waals surface area (Å²) in [5.41, 5.74) is 1.39. The third-order valence-electron chi connectivity index (χ3n) is 3.20. The van der Waals surface area contributed by atoms with Crippen LogP contribution in [0.1, 0.15) is 10.4 Å². The first-order chi connectivity index (χ1) is 12.5. The fraction of sp³-hybridized carbons (Fsp3) is 0.0625. The van der Waals surface area contributed by atoms with Crippen LogP contribution in [0.2, 0.25) is 10.0 Å². The molecule has 2 aromatic carbocycles. The fourth-order valence-corrected chi connectivity index (χ4v) is 2.59. The van der Waals surface area contributed by atoms with Crippen LogP contribution in [0.5, 0.6) is 0 Å². The van der Waals surface area contributed by atoms with Crippen molar-refractivity contribution < 1.29 is 14.3 Å². The summed E-state index contributed by atoms with van der Waals surface area (Å²) in [6.45, 7) is -0.447. The first-order valence-electron chi connectivity index (χ1n) is 7.28. The predicted octanol–water partition coefficient (Wildman–Crippen LogP) is 2.76. The van der Waals surface area contributed by atoms with Gasteiger partial charge in [0.25, 0.3) is 5.91 Å². The second-order valence-corrected chi connectivity index (χ2v) is 5.96. The maximum Gasteiger partial charge on any atom is 0.338 e. The lowest BCUT2D eigenvalue weighted by molar-refractivity contribution is -0.119. The number of carbonyl (C=O) groups excluding carboxylic acids is 2. The molecule has 0 fully saturated rings. The van der Waals surface area contributed by atoms with Crippen LogP contribution in [-0.2, 0) is 9.53 Å². The molecule has 132 valence electrons. The molecule has 26 heavy (non-hydrogen) atoms. The van der Waals surface area contributed by atoms with E-state index in [0.29, 0.717) is 27.0 Å². The van der Waals surface area contributed by atoms with Crippen LogP contribution in [0.4, 0.5) is 5.69 Å². The van der Waals surface area contributed by atoms with Gasteiger partial charge in [-0.2, -0.15) is 0 Å². The van der Waals surface area contributed by atoms with Gasteiger partial charge in [-0.3, -0.25) is 4.79 Å². The monoisotopic (exact) mass is 391 g/mol. The Kier molecular flexibility index (Phi) is 5.45. The van der Waals surface area contributed by atoms with Crippen LogP contribution in [0.3, 0.4) is 0 Å². The smallest absolute Gasteiger partial charge is 0.338 e. The Balaban J connectivity index is 1.55. The SMILES string of the molecule is O=C(COC(=O)c1ccc(-n2cnnn2)cc1)Nc1cc(Cl)cc(Cl)c1. The number of rotatable bonds is 5. The van der Waals surface area contributed by atoms with Crippen molar-refractivity contribution in [3.8, 4) is 5.69 Å². The van der Waals surface area contributed by atoms with E-state index in [1.165, 1.54) is 29.2 Å². The highest BCUT2D eigenvalue weighted by Crippen LogP contribution is 2.22. The molecule has 0 spiro atoms. The van der Waals surface area contributed by atoms with E-state index in [1.807, 2.05) is 0 Å². The lowest BCUT2D eigenvalue weighted by atomic mass is 10.2. The van der Waals surface area contributed by atoms with E-state index in [-0.39, 0.29) is 0 Å². The molecule has 1 N–H and O–H groups in total. The van der Waals surface area contributed by atoms with E-state index in [1.54, 1.807) is 24.3 Å². The number of halogens is 2. The molecular weight excluding hydrogens is 381 g/mol. The maximum absolute atomic E-state index is 12.0. The molecule has 8 nitrogen and oxygen atoms in total. The Morgan fingerprint density at radius 1 is 1.08 bits per heavy atom. The molecule has 0 saturated heterocycles. The van der Waals surface area contributed by atoms with Gasteiger partial charge in [-0.15, -0.1) is 5.10 Å². The molecule has 3 rings (SSSR count). The van der Waals surface area contributed by atoms with Crippen molar-refractivity contribution in [1.29, 1.82) is 0 Å². The van der Waals surface area contributed by atoms with E-state index in [2.05, 4.69) is 20.8 Å². The van der Waals surface area contributed by atoms with Crippen molar-refractivity contribution in [2.24, 2.45) is 0 Å². The Hall–Kier alpha value is -2.97. The normalized spacial score (nSPS) is 10.4. The summed E-state index contributed by atoms with van der Waals surface area (Å²) in [4.78, 5) is 23.9. The van der Waals surface area contributed by atoms with Crippen LogP contribution < -0.4 is 5.32 Å². The van der Waals surface area contributed by atoms with E-state index < -0.39 is 18.5 Å². The van der Waals surface area contributed by atoms with Gasteiger partial charge in [-0.05, 0) is 52.9 Å². The van der Waals surface area contributed by atoms with E-state index in [4.69, 9.17) is 27.9 Å². The minimum absolute atomic E-state index is 0.292. The van der Waals surface area contributed by atoms with Gasteiger partial charge in [0.2, 0.25) is 0 Å².